The van der Waals surface area contributed by atoms with Crippen molar-refractivity contribution in [2.24, 2.45) is 0 Å². The van der Waals surface area contributed by atoms with Crippen molar-refractivity contribution < 1.29 is 9.16 Å². The van der Waals surface area contributed by atoms with Crippen LogP contribution in [0.2, 0.25) is 0 Å². The Morgan fingerprint density at radius 1 is 1.23 bits per heavy atom. The van der Waals surface area contributed by atoms with E-state index in [2.05, 4.69) is 0 Å². The van der Waals surface area contributed by atoms with Crippen LogP contribution in [0, 0.1) is 0 Å². The number of benzene rings is 1. The van der Waals surface area contributed by atoms with Crippen molar-refractivity contribution in [3.63, 3.8) is 0 Å². The average molecular weight is 237 g/mol. The molecule has 2 nitrogen and oxygen atoms in total. The summed E-state index contributed by atoms with van der Waals surface area (Å²) in [6, 6.07) is 7.70. The lowest BCUT2D eigenvalue weighted by atomic mass is 10.3. The molecule has 1 rings (SSSR count). The summed E-state index contributed by atoms with van der Waals surface area (Å²) in [6.07, 6.45) is 0. The van der Waals surface area contributed by atoms with Gasteiger partial charge in [0.05, 0.1) is 7.11 Å². The number of alkyl halides is 2. The van der Waals surface area contributed by atoms with Gasteiger partial charge >= 0.3 is 0 Å². The van der Waals surface area contributed by atoms with E-state index in [1.54, 1.807) is 7.11 Å². The Kier molecular flexibility index (Phi) is 4.59. The molecule has 0 aliphatic carbocycles. The van der Waals surface area contributed by atoms with Crippen LogP contribution in [0.15, 0.2) is 24.3 Å². The third-order valence-electron chi connectivity index (χ3n) is 1.54. The quantitative estimate of drug-likeness (QED) is 0.578. The summed E-state index contributed by atoms with van der Waals surface area (Å²) in [4.78, 5) is 0. The van der Waals surface area contributed by atoms with E-state index < -0.39 is 14.8 Å². The fourth-order valence-corrected chi connectivity index (χ4v) is 2.01. The first kappa shape index (κ1) is 10.9. The molecule has 0 aliphatic heterocycles. The summed E-state index contributed by atoms with van der Waals surface area (Å²) < 4.78 is 10.1. The lowest BCUT2D eigenvalue weighted by molar-refractivity contribution is 0.383. The van der Waals surface area contributed by atoms with Crippen molar-refractivity contribution in [3.05, 3.63) is 24.3 Å². The van der Waals surface area contributed by atoms with Crippen LogP contribution in [0.3, 0.4) is 0 Å². The molecule has 1 aromatic rings. The third kappa shape index (κ3) is 4.00. The highest BCUT2D eigenvalue weighted by atomic mass is 35.5. The molecule has 0 spiro atoms. The summed E-state index contributed by atoms with van der Waals surface area (Å²) in [5.41, 5.74) is 0. The minimum Gasteiger partial charge on any atom is -0.497 e. The largest absolute Gasteiger partial charge is 0.497 e. The van der Waals surface area contributed by atoms with Gasteiger partial charge < -0.3 is 9.16 Å². The minimum absolute atomic E-state index is 0.714. The zero-order valence-corrected chi connectivity index (χ0v) is 10.1. The molecular formula is C8H10Cl2O2Si. The van der Waals surface area contributed by atoms with Gasteiger partial charge in [-0.1, -0.05) is 35.3 Å². The molecule has 0 heterocycles. The van der Waals surface area contributed by atoms with Gasteiger partial charge in [-0.2, -0.15) is 0 Å². The van der Waals surface area contributed by atoms with E-state index in [4.69, 9.17) is 32.4 Å². The summed E-state index contributed by atoms with van der Waals surface area (Å²) in [6.45, 7) is 0. The molecule has 0 amide bonds. The summed E-state index contributed by atoms with van der Waals surface area (Å²) in [7, 11) is 0.833. The topological polar surface area (TPSA) is 18.5 Å². The lowest BCUT2D eigenvalue weighted by Gasteiger charge is -2.04. The van der Waals surface area contributed by atoms with E-state index in [9.17, 15) is 0 Å². The highest BCUT2D eigenvalue weighted by Gasteiger charge is 2.00. The van der Waals surface area contributed by atoms with Crippen LogP contribution in [0.25, 0.3) is 0 Å². The number of hydrogen-bond donors (Lipinski definition) is 0. The van der Waals surface area contributed by atoms with Crippen LogP contribution >= 0.6 is 23.2 Å². The normalized spacial score (nSPS) is 11.4. The van der Waals surface area contributed by atoms with Gasteiger partial charge in [0, 0.05) is 0 Å². The van der Waals surface area contributed by atoms with E-state index in [0.29, 0.717) is 0 Å². The van der Waals surface area contributed by atoms with Gasteiger partial charge in [0.15, 0.2) is 14.8 Å². The summed E-state index contributed by atoms with van der Waals surface area (Å²) in [5, 5.41) is 0.431. The van der Waals surface area contributed by atoms with Gasteiger partial charge in [0.25, 0.3) is 0 Å². The Morgan fingerprint density at radius 3 is 2.31 bits per heavy atom. The van der Waals surface area contributed by atoms with Gasteiger partial charge in [-0.15, -0.1) is 0 Å². The van der Waals surface area contributed by atoms with Crippen LogP contribution in [-0.4, -0.2) is 21.9 Å². The Bertz CT molecular complexity index is 251. The Morgan fingerprint density at radius 2 is 1.85 bits per heavy atom. The fraction of sp³-hybridized carbons (Fsp3) is 0.250. The molecule has 0 aliphatic rings. The molecule has 13 heavy (non-hydrogen) atoms. The van der Waals surface area contributed by atoms with E-state index in [1.807, 2.05) is 24.3 Å². The van der Waals surface area contributed by atoms with Crippen molar-refractivity contribution in [1.82, 2.24) is 0 Å². The SMILES string of the molecule is COc1ccc([SiH2]OC(Cl)Cl)cc1. The molecule has 0 bridgehead atoms. The van der Waals surface area contributed by atoms with E-state index in [0.717, 1.165) is 10.9 Å². The summed E-state index contributed by atoms with van der Waals surface area (Å²) in [5.74, 6) is 0.839. The molecular weight excluding hydrogens is 227 g/mol. The first-order chi connectivity index (χ1) is 6.22. The monoisotopic (exact) mass is 236 g/mol. The van der Waals surface area contributed by atoms with Crippen molar-refractivity contribution in [1.29, 1.82) is 0 Å². The second-order valence-corrected chi connectivity index (χ2v) is 4.87. The van der Waals surface area contributed by atoms with Crippen molar-refractivity contribution >= 4 is 38.2 Å². The Hall–Kier alpha value is -0.223. The molecule has 0 radical (unpaired) electrons. The number of hydrogen-bond acceptors (Lipinski definition) is 2. The number of methoxy groups -OCH3 is 1. The second-order valence-electron chi connectivity index (χ2n) is 2.42. The van der Waals surface area contributed by atoms with Gasteiger partial charge in [-0.3, -0.25) is 0 Å². The highest BCUT2D eigenvalue weighted by Crippen LogP contribution is 2.06. The summed E-state index contributed by atoms with van der Waals surface area (Å²) >= 11 is 10.9. The molecule has 0 fully saturated rings. The molecule has 72 valence electrons. The number of halogens is 2. The van der Waals surface area contributed by atoms with Crippen molar-refractivity contribution in [2.45, 2.75) is 5.02 Å². The zero-order chi connectivity index (χ0) is 9.68. The van der Waals surface area contributed by atoms with Gasteiger partial charge in [0.2, 0.25) is 0 Å². The maximum absolute atomic E-state index is 5.44. The maximum Gasteiger partial charge on any atom is 0.197 e. The van der Waals surface area contributed by atoms with Crippen LogP contribution in [0.5, 0.6) is 5.75 Å². The number of rotatable bonds is 4. The molecule has 0 saturated carbocycles. The highest BCUT2D eigenvalue weighted by molar-refractivity contribution is 6.51. The predicted octanol–water partition coefficient (Wildman–Crippen LogP) is 1.18. The van der Waals surface area contributed by atoms with Crippen LogP contribution in [0.1, 0.15) is 0 Å². The van der Waals surface area contributed by atoms with Crippen LogP contribution < -0.4 is 9.92 Å². The smallest absolute Gasteiger partial charge is 0.197 e. The Labute approximate surface area is 89.7 Å². The lowest BCUT2D eigenvalue weighted by Crippen LogP contribution is -2.18. The molecule has 0 saturated heterocycles. The average Bonchev–Trinajstić information content (AvgIpc) is 2.15. The van der Waals surface area contributed by atoms with Crippen molar-refractivity contribution in [3.8, 4) is 5.75 Å². The first-order valence-electron chi connectivity index (χ1n) is 3.75. The zero-order valence-electron chi connectivity index (χ0n) is 7.17. The fourth-order valence-electron chi connectivity index (χ4n) is 0.881. The predicted molar refractivity (Wildman–Crippen MR) is 57.8 cm³/mol. The molecule has 0 atom stereocenters. The molecule has 0 aromatic heterocycles. The van der Waals surface area contributed by atoms with Crippen LogP contribution in [0.4, 0.5) is 0 Å². The van der Waals surface area contributed by atoms with Crippen LogP contribution in [-0.2, 0) is 4.43 Å². The maximum atomic E-state index is 5.44. The van der Waals surface area contributed by atoms with E-state index >= 15 is 0 Å². The molecule has 0 N–H and O–H groups in total. The second kappa shape index (κ2) is 5.50. The third-order valence-corrected chi connectivity index (χ3v) is 3.51. The molecule has 5 heteroatoms. The van der Waals surface area contributed by atoms with E-state index in [1.165, 1.54) is 0 Å². The van der Waals surface area contributed by atoms with Gasteiger partial charge in [0.1, 0.15) is 5.75 Å². The van der Waals surface area contributed by atoms with E-state index in [-0.39, 0.29) is 0 Å². The minimum atomic E-state index is -0.802. The number of ether oxygens (including phenoxy) is 1. The standard InChI is InChI=1S/C8H10Cl2O2Si/c1-11-6-2-4-7(5-3-6)13-12-8(9)10/h2-5,8H,13H2,1H3. The molecule has 0 unspecified atom stereocenters. The van der Waals surface area contributed by atoms with Gasteiger partial charge in [-0.05, 0) is 17.3 Å². The van der Waals surface area contributed by atoms with Crippen molar-refractivity contribution in [2.75, 3.05) is 7.11 Å². The Balaban J connectivity index is 2.49. The first-order valence-corrected chi connectivity index (χ1v) is 5.91. The van der Waals surface area contributed by atoms with Gasteiger partial charge in [-0.25, -0.2) is 0 Å². The molecule has 1 aromatic carbocycles.